The second kappa shape index (κ2) is 2.98. The highest BCUT2D eigenvalue weighted by Crippen LogP contribution is 2.44. The Labute approximate surface area is 78.1 Å². The van der Waals surface area contributed by atoms with E-state index in [1.165, 1.54) is 0 Å². The molecule has 0 spiro atoms. The van der Waals surface area contributed by atoms with Crippen LogP contribution in [0.5, 0.6) is 0 Å². The van der Waals surface area contributed by atoms with Crippen molar-refractivity contribution in [2.75, 3.05) is 0 Å². The molecule has 1 heterocycles. The van der Waals surface area contributed by atoms with Crippen molar-refractivity contribution in [2.45, 2.75) is 51.2 Å². The molecule has 1 aliphatic heterocycles. The number of esters is 1. The van der Waals surface area contributed by atoms with Gasteiger partial charge in [-0.25, -0.2) is 0 Å². The molecule has 2 fully saturated rings. The Hall–Kier alpha value is -0.570. The number of aliphatic hydroxyl groups excluding tert-OH is 1. The molecule has 0 aromatic carbocycles. The van der Waals surface area contributed by atoms with Crippen LogP contribution in [-0.4, -0.2) is 23.3 Å². The number of aliphatic hydroxyl groups is 1. The van der Waals surface area contributed by atoms with Crippen molar-refractivity contribution < 1.29 is 14.6 Å². The van der Waals surface area contributed by atoms with Crippen LogP contribution in [0.4, 0.5) is 0 Å². The van der Waals surface area contributed by atoms with Crippen molar-refractivity contribution in [1.82, 2.24) is 0 Å². The summed E-state index contributed by atoms with van der Waals surface area (Å²) in [6, 6.07) is 0. The summed E-state index contributed by atoms with van der Waals surface area (Å²) in [5, 5.41) is 9.86. The van der Waals surface area contributed by atoms with Crippen LogP contribution in [0.2, 0.25) is 0 Å². The van der Waals surface area contributed by atoms with Gasteiger partial charge in [0.1, 0.15) is 6.10 Å². The van der Waals surface area contributed by atoms with E-state index in [0.29, 0.717) is 6.42 Å². The van der Waals surface area contributed by atoms with Gasteiger partial charge in [0.05, 0.1) is 6.10 Å². The van der Waals surface area contributed by atoms with Crippen LogP contribution in [-0.2, 0) is 9.53 Å². The first-order valence-corrected chi connectivity index (χ1v) is 5.00. The first-order valence-electron chi connectivity index (χ1n) is 5.00. The molecule has 3 nitrogen and oxygen atoms in total. The molecule has 2 aliphatic rings. The van der Waals surface area contributed by atoms with Gasteiger partial charge in [-0.05, 0) is 25.7 Å². The summed E-state index contributed by atoms with van der Waals surface area (Å²) in [7, 11) is 0. The first kappa shape index (κ1) is 9.00. The van der Waals surface area contributed by atoms with Gasteiger partial charge in [0.15, 0.2) is 0 Å². The van der Waals surface area contributed by atoms with Gasteiger partial charge in [-0.15, -0.1) is 0 Å². The number of carbonyl (C=O) groups excluding carboxylic acids is 1. The molecule has 0 bridgehead atoms. The monoisotopic (exact) mass is 184 g/mol. The van der Waals surface area contributed by atoms with E-state index < -0.39 is 0 Å². The van der Waals surface area contributed by atoms with Gasteiger partial charge in [0.25, 0.3) is 0 Å². The zero-order valence-corrected chi connectivity index (χ0v) is 7.95. The van der Waals surface area contributed by atoms with Gasteiger partial charge in [-0.1, -0.05) is 6.92 Å². The normalized spacial score (nSPS) is 45.2. The topological polar surface area (TPSA) is 46.5 Å². The molecule has 13 heavy (non-hydrogen) atoms. The highest BCUT2D eigenvalue weighted by Gasteiger charge is 2.48. The SMILES string of the molecule is C[C@]12CCC(=O)O[C@@H]1CCC[C@@H]2O. The molecule has 0 radical (unpaired) electrons. The zero-order valence-electron chi connectivity index (χ0n) is 7.95. The highest BCUT2D eigenvalue weighted by atomic mass is 16.5. The third-order valence-corrected chi connectivity index (χ3v) is 3.58. The molecule has 1 saturated carbocycles. The molecule has 74 valence electrons. The average Bonchev–Trinajstić information content (AvgIpc) is 2.09. The smallest absolute Gasteiger partial charge is 0.306 e. The molecule has 0 amide bonds. The molecule has 0 unspecified atom stereocenters. The molecule has 0 aromatic heterocycles. The third kappa shape index (κ3) is 1.35. The van der Waals surface area contributed by atoms with E-state index >= 15 is 0 Å². The lowest BCUT2D eigenvalue weighted by Gasteiger charge is -2.46. The van der Waals surface area contributed by atoms with Crippen LogP contribution in [0.15, 0.2) is 0 Å². The molecular formula is C10H16O3. The van der Waals surface area contributed by atoms with E-state index in [-0.39, 0.29) is 23.6 Å². The summed E-state index contributed by atoms with van der Waals surface area (Å²) >= 11 is 0. The Morgan fingerprint density at radius 1 is 1.54 bits per heavy atom. The van der Waals surface area contributed by atoms with Crippen LogP contribution in [0.1, 0.15) is 39.0 Å². The minimum Gasteiger partial charge on any atom is -0.462 e. The maximum atomic E-state index is 11.1. The Morgan fingerprint density at radius 3 is 3.08 bits per heavy atom. The predicted molar refractivity (Wildman–Crippen MR) is 47.1 cm³/mol. The maximum absolute atomic E-state index is 11.1. The van der Waals surface area contributed by atoms with Gasteiger partial charge >= 0.3 is 5.97 Å². The van der Waals surface area contributed by atoms with Gasteiger partial charge in [0.2, 0.25) is 0 Å². The van der Waals surface area contributed by atoms with Crippen molar-refractivity contribution in [1.29, 1.82) is 0 Å². The molecule has 1 N–H and O–H groups in total. The number of hydrogen-bond acceptors (Lipinski definition) is 3. The van der Waals surface area contributed by atoms with E-state index in [1.54, 1.807) is 0 Å². The number of hydrogen-bond donors (Lipinski definition) is 1. The first-order chi connectivity index (χ1) is 6.13. The summed E-state index contributed by atoms with van der Waals surface area (Å²) < 4.78 is 5.26. The summed E-state index contributed by atoms with van der Waals surface area (Å²) in [5.41, 5.74) is -0.174. The second-order valence-corrected chi connectivity index (χ2v) is 4.43. The second-order valence-electron chi connectivity index (χ2n) is 4.43. The quantitative estimate of drug-likeness (QED) is 0.576. The van der Waals surface area contributed by atoms with Crippen molar-refractivity contribution in [3.8, 4) is 0 Å². The molecule has 2 rings (SSSR count). The Bertz CT molecular complexity index is 226. The average molecular weight is 184 g/mol. The van der Waals surface area contributed by atoms with Crippen molar-refractivity contribution in [2.24, 2.45) is 5.41 Å². The van der Waals surface area contributed by atoms with Crippen LogP contribution in [0, 0.1) is 5.41 Å². The fourth-order valence-corrected chi connectivity index (χ4v) is 2.48. The number of carbonyl (C=O) groups is 1. The van der Waals surface area contributed by atoms with Crippen LogP contribution < -0.4 is 0 Å². The Kier molecular flexibility index (Phi) is 2.06. The number of ether oxygens (including phenoxy) is 1. The van der Waals surface area contributed by atoms with Crippen LogP contribution in [0.25, 0.3) is 0 Å². The number of fused-ring (bicyclic) bond motifs is 1. The summed E-state index contributed by atoms with van der Waals surface area (Å²) in [6.07, 6.45) is 3.64. The van der Waals surface area contributed by atoms with E-state index in [2.05, 4.69) is 0 Å². The van der Waals surface area contributed by atoms with Crippen molar-refractivity contribution in [3.05, 3.63) is 0 Å². The zero-order chi connectivity index (χ0) is 9.47. The fourth-order valence-electron chi connectivity index (χ4n) is 2.48. The van der Waals surface area contributed by atoms with Gasteiger partial charge in [-0.3, -0.25) is 4.79 Å². The standard InChI is InChI=1S/C10H16O3/c1-10-6-5-9(12)13-8(10)4-2-3-7(10)11/h7-8,11H,2-6H2,1H3/t7-,8+,10+/m0/s1. The maximum Gasteiger partial charge on any atom is 0.306 e. The lowest BCUT2D eigenvalue weighted by Crippen LogP contribution is -2.51. The highest BCUT2D eigenvalue weighted by molar-refractivity contribution is 5.70. The minimum absolute atomic E-state index is 0.0440. The van der Waals surface area contributed by atoms with Crippen molar-refractivity contribution in [3.63, 3.8) is 0 Å². The van der Waals surface area contributed by atoms with Gasteiger partial charge < -0.3 is 9.84 Å². The summed E-state index contributed by atoms with van der Waals surface area (Å²) in [4.78, 5) is 11.1. The largest absolute Gasteiger partial charge is 0.462 e. The summed E-state index contributed by atoms with van der Waals surface area (Å²) in [6.45, 7) is 2.04. The third-order valence-electron chi connectivity index (χ3n) is 3.58. The van der Waals surface area contributed by atoms with E-state index in [9.17, 15) is 9.90 Å². The van der Waals surface area contributed by atoms with E-state index in [0.717, 1.165) is 25.7 Å². The lowest BCUT2D eigenvalue weighted by atomic mass is 9.67. The van der Waals surface area contributed by atoms with E-state index in [1.807, 2.05) is 6.92 Å². The lowest BCUT2D eigenvalue weighted by molar-refractivity contribution is -0.183. The van der Waals surface area contributed by atoms with E-state index in [4.69, 9.17) is 4.74 Å². The molecular weight excluding hydrogens is 168 g/mol. The van der Waals surface area contributed by atoms with Crippen LogP contribution >= 0.6 is 0 Å². The van der Waals surface area contributed by atoms with Crippen LogP contribution in [0.3, 0.4) is 0 Å². The van der Waals surface area contributed by atoms with Gasteiger partial charge in [-0.2, -0.15) is 0 Å². The number of rotatable bonds is 0. The minimum atomic E-state index is -0.292. The predicted octanol–water partition coefficient (Wildman–Crippen LogP) is 1.24. The van der Waals surface area contributed by atoms with Gasteiger partial charge in [0, 0.05) is 11.8 Å². The molecule has 0 aromatic rings. The van der Waals surface area contributed by atoms with Crippen molar-refractivity contribution >= 4 is 5.97 Å². The molecule has 1 saturated heterocycles. The molecule has 3 heteroatoms. The Morgan fingerprint density at radius 2 is 2.31 bits per heavy atom. The Balaban J connectivity index is 2.17. The molecule has 3 atom stereocenters. The fraction of sp³-hybridized carbons (Fsp3) is 0.900. The summed E-state index contributed by atoms with van der Waals surface area (Å²) in [5.74, 6) is -0.100. The molecule has 1 aliphatic carbocycles.